The maximum atomic E-state index is 12.4. The molecule has 2 heterocycles. The van der Waals surface area contributed by atoms with Crippen LogP contribution in [0.5, 0.6) is 5.75 Å². The summed E-state index contributed by atoms with van der Waals surface area (Å²) in [5.74, 6) is 1.08. The van der Waals surface area contributed by atoms with Crippen molar-refractivity contribution in [3.8, 4) is 5.75 Å². The standard InChI is InChI=1S/C18H22N2O2S/c1-22-17-6-4-15(5-7-17)19-16-3-2-9-20(12-16)18(21)11-14-8-10-23-13-14/h4-8,10,13,16,19H,2-3,9,11-12H2,1H3/t16-/m1/s1. The highest BCUT2D eigenvalue weighted by molar-refractivity contribution is 7.08. The highest BCUT2D eigenvalue weighted by atomic mass is 32.1. The van der Waals surface area contributed by atoms with Crippen LogP contribution in [0.4, 0.5) is 5.69 Å². The molecule has 3 rings (SSSR count). The Morgan fingerprint density at radius 1 is 1.35 bits per heavy atom. The molecule has 0 saturated carbocycles. The molecule has 1 aliphatic rings. The molecule has 0 unspecified atom stereocenters. The summed E-state index contributed by atoms with van der Waals surface area (Å²) < 4.78 is 5.18. The van der Waals surface area contributed by atoms with Crippen molar-refractivity contribution < 1.29 is 9.53 Å². The van der Waals surface area contributed by atoms with Gasteiger partial charge in [0.25, 0.3) is 0 Å². The average Bonchev–Trinajstić information content (AvgIpc) is 3.09. The van der Waals surface area contributed by atoms with Crippen LogP contribution in [0.3, 0.4) is 0 Å². The van der Waals surface area contributed by atoms with Crippen molar-refractivity contribution in [2.24, 2.45) is 0 Å². The molecule has 1 aliphatic heterocycles. The van der Waals surface area contributed by atoms with Crippen molar-refractivity contribution in [3.05, 3.63) is 46.7 Å². The Hall–Kier alpha value is -2.01. The van der Waals surface area contributed by atoms with Crippen LogP contribution in [0.15, 0.2) is 41.1 Å². The summed E-state index contributed by atoms with van der Waals surface area (Å²) in [7, 11) is 1.67. The Balaban J connectivity index is 1.55. The number of carbonyl (C=O) groups excluding carboxylic acids is 1. The van der Waals surface area contributed by atoms with Crippen LogP contribution < -0.4 is 10.1 Å². The lowest BCUT2D eigenvalue weighted by Crippen LogP contribution is -2.45. The van der Waals surface area contributed by atoms with Gasteiger partial charge in [0.2, 0.25) is 5.91 Å². The van der Waals surface area contributed by atoms with Gasteiger partial charge in [0.05, 0.1) is 13.5 Å². The predicted octanol–water partition coefficient (Wildman–Crippen LogP) is 3.40. The summed E-state index contributed by atoms with van der Waals surface area (Å²) in [6.45, 7) is 1.64. The fourth-order valence-electron chi connectivity index (χ4n) is 2.92. The number of anilines is 1. The minimum absolute atomic E-state index is 0.227. The molecular formula is C18H22N2O2S. The van der Waals surface area contributed by atoms with E-state index in [2.05, 4.69) is 10.7 Å². The zero-order valence-corrected chi connectivity index (χ0v) is 14.1. The van der Waals surface area contributed by atoms with Gasteiger partial charge in [-0.1, -0.05) is 0 Å². The molecule has 0 bridgehead atoms. The molecule has 0 radical (unpaired) electrons. The zero-order chi connectivity index (χ0) is 16.1. The van der Waals surface area contributed by atoms with Gasteiger partial charge in [-0.3, -0.25) is 4.79 Å². The Bertz CT molecular complexity index is 625. The van der Waals surface area contributed by atoms with Crippen molar-refractivity contribution in [1.29, 1.82) is 0 Å². The van der Waals surface area contributed by atoms with Crippen LogP contribution in [0.25, 0.3) is 0 Å². The third-order valence-electron chi connectivity index (χ3n) is 4.17. The number of hydrogen-bond donors (Lipinski definition) is 1. The lowest BCUT2D eigenvalue weighted by molar-refractivity contribution is -0.131. The number of carbonyl (C=O) groups is 1. The van der Waals surface area contributed by atoms with Crippen LogP contribution in [-0.4, -0.2) is 37.0 Å². The van der Waals surface area contributed by atoms with E-state index in [1.165, 1.54) is 0 Å². The van der Waals surface area contributed by atoms with Crippen molar-refractivity contribution in [1.82, 2.24) is 4.90 Å². The summed E-state index contributed by atoms with van der Waals surface area (Å²) in [6, 6.07) is 10.3. The van der Waals surface area contributed by atoms with Gasteiger partial charge in [0.1, 0.15) is 5.75 Å². The number of nitrogens with one attached hydrogen (secondary N) is 1. The second kappa shape index (κ2) is 7.51. The Morgan fingerprint density at radius 3 is 2.87 bits per heavy atom. The summed E-state index contributed by atoms with van der Waals surface area (Å²) in [6.07, 6.45) is 2.65. The molecule has 1 amide bonds. The third kappa shape index (κ3) is 4.26. The number of amides is 1. The van der Waals surface area contributed by atoms with Crippen LogP contribution in [0.2, 0.25) is 0 Å². The number of methoxy groups -OCH3 is 1. The lowest BCUT2D eigenvalue weighted by atomic mass is 10.0. The van der Waals surface area contributed by atoms with Gasteiger partial charge in [-0.15, -0.1) is 0 Å². The first-order valence-electron chi connectivity index (χ1n) is 7.94. The first-order chi connectivity index (χ1) is 11.2. The van der Waals surface area contributed by atoms with E-state index in [1.54, 1.807) is 18.4 Å². The van der Waals surface area contributed by atoms with Crippen LogP contribution in [-0.2, 0) is 11.2 Å². The van der Waals surface area contributed by atoms with Crippen LogP contribution in [0.1, 0.15) is 18.4 Å². The predicted molar refractivity (Wildman–Crippen MR) is 94.2 cm³/mol. The van der Waals surface area contributed by atoms with Gasteiger partial charge in [-0.05, 0) is 59.5 Å². The molecule has 0 aliphatic carbocycles. The number of benzene rings is 1. The van der Waals surface area contributed by atoms with Crippen molar-refractivity contribution in [3.63, 3.8) is 0 Å². The van der Waals surface area contributed by atoms with E-state index in [1.807, 2.05) is 40.6 Å². The van der Waals surface area contributed by atoms with Gasteiger partial charge in [-0.25, -0.2) is 0 Å². The number of nitrogens with zero attached hydrogens (tertiary/aromatic N) is 1. The van der Waals surface area contributed by atoms with Crippen molar-refractivity contribution in [2.45, 2.75) is 25.3 Å². The quantitative estimate of drug-likeness (QED) is 0.913. The maximum absolute atomic E-state index is 12.4. The topological polar surface area (TPSA) is 41.6 Å². The smallest absolute Gasteiger partial charge is 0.227 e. The van der Waals surface area contributed by atoms with E-state index >= 15 is 0 Å². The minimum Gasteiger partial charge on any atom is -0.497 e. The van der Waals surface area contributed by atoms with E-state index in [0.717, 1.165) is 42.9 Å². The third-order valence-corrected chi connectivity index (χ3v) is 4.90. The lowest BCUT2D eigenvalue weighted by Gasteiger charge is -2.33. The van der Waals surface area contributed by atoms with E-state index in [9.17, 15) is 4.79 Å². The second-order valence-electron chi connectivity index (χ2n) is 5.86. The van der Waals surface area contributed by atoms with Gasteiger partial charge in [0, 0.05) is 24.8 Å². The molecule has 1 aromatic heterocycles. The molecular weight excluding hydrogens is 308 g/mol. The van der Waals surface area contributed by atoms with Crippen LogP contribution in [0, 0.1) is 0 Å². The number of piperidine rings is 1. The number of hydrogen-bond acceptors (Lipinski definition) is 4. The number of likely N-dealkylation sites (tertiary alicyclic amines) is 1. The average molecular weight is 330 g/mol. The summed E-state index contributed by atoms with van der Waals surface area (Å²) in [5.41, 5.74) is 2.19. The fraction of sp³-hybridized carbons (Fsp3) is 0.389. The number of thiophene rings is 1. The monoisotopic (exact) mass is 330 g/mol. The van der Waals surface area contributed by atoms with E-state index in [0.29, 0.717) is 12.5 Å². The van der Waals surface area contributed by atoms with Gasteiger partial charge >= 0.3 is 0 Å². The van der Waals surface area contributed by atoms with Gasteiger partial charge in [0.15, 0.2) is 0 Å². The molecule has 1 fully saturated rings. The zero-order valence-electron chi connectivity index (χ0n) is 13.3. The molecule has 2 aromatic rings. The molecule has 1 N–H and O–H groups in total. The SMILES string of the molecule is COc1ccc(N[C@@H]2CCCN(C(=O)Cc3ccsc3)C2)cc1. The first-order valence-corrected chi connectivity index (χ1v) is 8.88. The largest absolute Gasteiger partial charge is 0.497 e. The second-order valence-corrected chi connectivity index (χ2v) is 6.64. The highest BCUT2D eigenvalue weighted by Gasteiger charge is 2.23. The maximum Gasteiger partial charge on any atom is 0.227 e. The van der Waals surface area contributed by atoms with E-state index in [-0.39, 0.29) is 5.91 Å². The molecule has 1 aromatic carbocycles. The Labute approximate surface area is 141 Å². The highest BCUT2D eigenvalue weighted by Crippen LogP contribution is 2.20. The number of ether oxygens (including phenoxy) is 1. The fourth-order valence-corrected chi connectivity index (χ4v) is 3.59. The van der Waals surface area contributed by atoms with Crippen molar-refractivity contribution in [2.75, 3.05) is 25.5 Å². The molecule has 5 heteroatoms. The summed E-state index contributed by atoms with van der Waals surface area (Å²) in [4.78, 5) is 14.4. The summed E-state index contributed by atoms with van der Waals surface area (Å²) >= 11 is 1.64. The molecule has 4 nitrogen and oxygen atoms in total. The first kappa shape index (κ1) is 15.9. The molecule has 23 heavy (non-hydrogen) atoms. The molecule has 122 valence electrons. The summed E-state index contributed by atoms with van der Waals surface area (Å²) in [5, 5.41) is 7.60. The number of rotatable bonds is 5. The van der Waals surface area contributed by atoms with Gasteiger partial charge in [-0.2, -0.15) is 11.3 Å². The molecule has 0 spiro atoms. The Morgan fingerprint density at radius 2 is 2.17 bits per heavy atom. The minimum atomic E-state index is 0.227. The normalized spacial score (nSPS) is 17.8. The van der Waals surface area contributed by atoms with E-state index < -0.39 is 0 Å². The Kier molecular flexibility index (Phi) is 5.18. The van der Waals surface area contributed by atoms with Gasteiger partial charge < -0.3 is 15.0 Å². The van der Waals surface area contributed by atoms with E-state index in [4.69, 9.17) is 4.74 Å². The van der Waals surface area contributed by atoms with Crippen LogP contribution >= 0.6 is 11.3 Å². The molecule has 1 saturated heterocycles. The van der Waals surface area contributed by atoms with Crippen molar-refractivity contribution >= 4 is 22.9 Å². The molecule has 1 atom stereocenters.